The number of hydrogen-bond donors (Lipinski definition) is 1. The molecule has 3 heterocycles. The normalized spacial score (nSPS) is 16.2. The summed E-state index contributed by atoms with van der Waals surface area (Å²) in [6.07, 6.45) is 13.0. The number of nitrogens with one attached hydrogen (secondary N) is 1. The van der Waals surface area contributed by atoms with Gasteiger partial charge in [0.05, 0.1) is 0 Å². The summed E-state index contributed by atoms with van der Waals surface area (Å²) < 4.78 is 2.07. The fourth-order valence-corrected chi connectivity index (χ4v) is 5.52. The lowest BCUT2D eigenvalue weighted by atomic mass is 9.76. The highest BCUT2D eigenvalue weighted by Gasteiger charge is 2.29. The number of imidazole rings is 1. The van der Waals surface area contributed by atoms with Crippen LogP contribution >= 0.6 is 0 Å². The number of piperidine rings is 1. The quantitative estimate of drug-likeness (QED) is 0.264. The molecule has 1 saturated carbocycles. The van der Waals surface area contributed by atoms with Gasteiger partial charge in [0.1, 0.15) is 5.65 Å². The van der Waals surface area contributed by atoms with Gasteiger partial charge in [0.25, 0.3) is 5.91 Å². The van der Waals surface area contributed by atoms with E-state index in [4.69, 9.17) is 5.41 Å². The van der Waals surface area contributed by atoms with E-state index in [-0.39, 0.29) is 7.33 Å². The van der Waals surface area contributed by atoms with Gasteiger partial charge in [-0.05, 0) is 98.6 Å². The number of amides is 1. The Morgan fingerprint density at radius 2 is 1.81 bits per heavy atom. The van der Waals surface area contributed by atoms with Crippen LogP contribution in [-0.2, 0) is 0 Å². The van der Waals surface area contributed by atoms with E-state index in [2.05, 4.69) is 47.3 Å². The van der Waals surface area contributed by atoms with Crippen molar-refractivity contribution in [3.63, 3.8) is 0 Å². The standard InChI is InChI=1S/C30H36N4O.C2H6.H2/c1-20(2)7-9-28(31)27-18-25(21(3)17-26(27)23-5-4-6-23)30(35)33-14-11-22(12-15-33)24-8-10-29-32-13-16-34(29)19-24;1-2;/h8,10,13,16-19,22-23,31H,1,4-7,9,11-12,14-15H2,2-3H3;1-2H3;1H. The fourth-order valence-electron chi connectivity index (χ4n) is 5.52. The first-order valence-electron chi connectivity index (χ1n) is 14.0. The summed E-state index contributed by atoms with van der Waals surface area (Å²) in [6, 6.07) is 8.49. The Bertz CT molecular complexity index is 1280. The number of pyridine rings is 1. The van der Waals surface area contributed by atoms with E-state index in [1.54, 1.807) is 0 Å². The van der Waals surface area contributed by atoms with E-state index in [0.717, 1.165) is 60.3 Å². The molecule has 2 aliphatic rings. The van der Waals surface area contributed by atoms with Crippen LogP contribution in [0.15, 0.2) is 55.0 Å². The molecule has 1 N–H and O–H groups in total. The van der Waals surface area contributed by atoms with Crippen LogP contribution in [0.4, 0.5) is 0 Å². The highest BCUT2D eigenvalue weighted by atomic mass is 16.2. The largest absolute Gasteiger partial charge is 0.339 e. The van der Waals surface area contributed by atoms with Crippen LogP contribution in [0.2, 0.25) is 0 Å². The monoisotopic (exact) mass is 500 g/mol. The Morgan fingerprint density at radius 3 is 2.46 bits per heavy atom. The first-order valence-corrected chi connectivity index (χ1v) is 14.0. The number of fused-ring (bicyclic) bond motifs is 1. The maximum atomic E-state index is 13.6. The van der Waals surface area contributed by atoms with Gasteiger partial charge < -0.3 is 14.7 Å². The van der Waals surface area contributed by atoms with Crippen molar-refractivity contribution in [1.82, 2.24) is 14.3 Å². The minimum Gasteiger partial charge on any atom is -0.339 e. The lowest BCUT2D eigenvalue weighted by Gasteiger charge is -2.33. The second kappa shape index (κ2) is 11.9. The number of rotatable bonds is 7. The van der Waals surface area contributed by atoms with Crippen molar-refractivity contribution in [3.05, 3.63) is 82.8 Å². The number of aromatic nitrogens is 2. The predicted molar refractivity (Wildman–Crippen MR) is 155 cm³/mol. The molecule has 1 aliphatic carbocycles. The molecule has 2 aromatic heterocycles. The molecule has 0 spiro atoms. The molecule has 1 aromatic carbocycles. The molecule has 1 saturated heterocycles. The Labute approximate surface area is 223 Å². The summed E-state index contributed by atoms with van der Waals surface area (Å²) in [4.78, 5) is 20.0. The van der Waals surface area contributed by atoms with Gasteiger partial charge in [-0.1, -0.05) is 38.0 Å². The van der Waals surface area contributed by atoms with Crippen LogP contribution < -0.4 is 0 Å². The van der Waals surface area contributed by atoms with Gasteiger partial charge in [-0.25, -0.2) is 4.98 Å². The third-order valence-electron chi connectivity index (χ3n) is 7.96. The first kappa shape index (κ1) is 26.8. The Balaban J connectivity index is 0.00000130. The Kier molecular flexibility index (Phi) is 8.63. The van der Waals surface area contributed by atoms with Gasteiger partial charge in [-0.15, -0.1) is 6.58 Å². The summed E-state index contributed by atoms with van der Waals surface area (Å²) >= 11 is 0. The molecule has 1 amide bonds. The van der Waals surface area contributed by atoms with E-state index >= 15 is 0 Å². The zero-order chi connectivity index (χ0) is 26.5. The van der Waals surface area contributed by atoms with Crippen molar-refractivity contribution >= 4 is 17.3 Å². The number of carbonyl (C=O) groups excluding carboxylic acids is 1. The lowest BCUT2D eigenvalue weighted by molar-refractivity contribution is 0.0712. The second-order valence-electron chi connectivity index (χ2n) is 10.5. The molecule has 0 unspecified atom stereocenters. The molecule has 1 aliphatic heterocycles. The van der Waals surface area contributed by atoms with Crippen molar-refractivity contribution in [3.8, 4) is 0 Å². The Morgan fingerprint density at radius 1 is 1.08 bits per heavy atom. The van der Waals surface area contributed by atoms with Crippen LogP contribution in [-0.4, -0.2) is 39.0 Å². The molecule has 5 nitrogen and oxygen atoms in total. The highest BCUT2D eigenvalue weighted by molar-refractivity contribution is 6.04. The molecule has 3 aromatic rings. The molecular formula is C32H44N4O. The number of benzene rings is 1. The third kappa shape index (κ3) is 5.87. The Hall–Kier alpha value is -3.21. The summed E-state index contributed by atoms with van der Waals surface area (Å²) in [7, 11) is 0. The molecule has 37 heavy (non-hydrogen) atoms. The smallest absolute Gasteiger partial charge is 0.254 e. The molecule has 198 valence electrons. The molecule has 0 bridgehead atoms. The van der Waals surface area contributed by atoms with Crippen molar-refractivity contribution in [1.29, 1.82) is 5.41 Å². The van der Waals surface area contributed by atoms with Crippen LogP contribution in [0.5, 0.6) is 0 Å². The number of aryl methyl sites for hydroxylation is 1. The van der Waals surface area contributed by atoms with Gasteiger partial charge in [-0.2, -0.15) is 0 Å². The van der Waals surface area contributed by atoms with E-state index in [0.29, 0.717) is 24.0 Å². The van der Waals surface area contributed by atoms with Gasteiger partial charge in [0, 0.05) is 44.4 Å². The zero-order valence-electron chi connectivity index (χ0n) is 23.0. The number of allylic oxidation sites excluding steroid dienone is 1. The zero-order valence-corrected chi connectivity index (χ0v) is 23.0. The van der Waals surface area contributed by atoms with Crippen molar-refractivity contribution < 1.29 is 6.22 Å². The minimum atomic E-state index is 0. The average molecular weight is 501 g/mol. The predicted octanol–water partition coefficient (Wildman–Crippen LogP) is 7.93. The van der Waals surface area contributed by atoms with Crippen molar-refractivity contribution in [2.45, 2.75) is 84.5 Å². The van der Waals surface area contributed by atoms with Gasteiger partial charge in [0.15, 0.2) is 0 Å². The summed E-state index contributed by atoms with van der Waals surface area (Å²) in [5.74, 6) is 1.10. The van der Waals surface area contributed by atoms with Gasteiger partial charge in [0.2, 0.25) is 0 Å². The van der Waals surface area contributed by atoms with Gasteiger partial charge >= 0.3 is 0 Å². The van der Waals surface area contributed by atoms with Crippen molar-refractivity contribution in [2.75, 3.05) is 13.1 Å². The van der Waals surface area contributed by atoms with Crippen LogP contribution in [0.1, 0.15) is 112 Å². The third-order valence-corrected chi connectivity index (χ3v) is 7.96. The summed E-state index contributed by atoms with van der Waals surface area (Å²) in [6.45, 7) is 13.6. The van der Waals surface area contributed by atoms with E-state index in [1.807, 2.05) is 44.1 Å². The summed E-state index contributed by atoms with van der Waals surface area (Å²) in [5.41, 5.74) is 8.07. The maximum absolute atomic E-state index is 13.6. The number of likely N-dealkylation sites (tertiary alicyclic amines) is 1. The molecule has 0 radical (unpaired) electrons. The van der Waals surface area contributed by atoms with E-state index in [9.17, 15) is 4.79 Å². The first-order chi connectivity index (χ1) is 17.9. The fraction of sp³-hybridized carbons (Fsp3) is 0.469. The SMILES string of the molecule is C=C(C)CCC(=N)c1cc(C(=O)N2CCC(c3ccc4nccn4c3)CC2)c(C)cc1C1CCC1.CC.[HH]. The molecule has 5 rings (SSSR count). The van der Waals surface area contributed by atoms with Crippen LogP contribution in [0.3, 0.4) is 0 Å². The van der Waals surface area contributed by atoms with Crippen molar-refractivity contribution in [2.24, 2.45) is 0 Å². The molecule has 0 atom stereocenters. The molecular weight excluding hydrogens is 456 g/mol. The number of carbonyl (C=O) groups is 1. The average Bonchev–Trinajstić information content (AvgIpc) is 3.35. The number of hydrogen-bond acceptors (Lipinski definition) is 3. The molecule has 5 heteroatoms. The molecule has 2 fully saturated rings. The lowest BCUT2D eigenvalue weighted by Crippen LogP contribution is -2.38. The second-order valence-corrected chi connectivity index (χ2v) is 10.5. The number of nitrogens with zero attached hydrogens (tertiary/aromatic N) is 3. The minimum absolute atomic E-state index is 0. The van der Waals surface area contributed by atoms with Gasteiger partial charge in [-0.3, -0.25) is 4.79 Å². The van der Waals surface area contributed by atoms with E-state index in [1.165, 1.54) is 30.4 Å². The van der Waals surface area contributed by atoms with E-state index < -0.39 is 0 Å². The maximum Gasteiger partial charge on any atom is 0.254 e. The van der Waals surface area contributed by atoms with Crippen LogP contribution in [0, 0.1) is 12.3 Å². The highest BCUT2D eigenvalue weighted by Crippen LogP contribution is 2.40. The topological polar surface area (TPSA) is 61.5 Å². The van der Waals surface area contributed by atoms with Crippen LogP contribution in [0.25, 0.3) is 5.65 Å². The summed E-state index contributed by atoms with van der Waals surface area (Å²) in [5, 5.41) is 8.80.